The van der Waals surface area contributed by atoms with Crippen LogP contribution in [0.4, 0.5) is 17.5 Å². The number of nitrogen functional groups attached to an aromatic ring is 1. The van der Waals surface area contributed by atoms with Gasteiger partial charge in [-0.05, 0) is 30.9 Å². The number of aromatic nitrogens is 2. The van der Waals surface area contributed by atoms with E-state index >= 15 is 0 Å². The number of hydrogen-bond acceptors (Lipinski definition) is 7. The molecule has 0 radical (unpaired) electrons. The molecule has 1 aromatic carbocycles. The third-order valence-corrected chi connectivity index (χ3v) is 4.11. The Kier molecular flexibility index (Phi) is 4.74. The minimum atomic E-state index is -0.577. The Morgan fingerprint density at radius 2 is 2.00 bits per heavy atom. The van der Waals surface area contributed by atoms with Crippen LogP contribution in [0.25, 0.3) is 0 Å². The van der Waals surface area contributed by atoms with Crippen molar-refractivity contribution in [2.45, 2.75) is 12.8 Å². The highest BCUT2D eigenvalue weighted by molar-refractivity contribution is 5.53. The number of anilines is 2. The molecule has 0 bridgehead atoms. The molecule has 0 saturated carbocycles. The first kappa shape index (κ1) is 16.0. The Morgan fingerprint density at radius 3 is 2.62 bits per heavy atom. The van der Waals surface area contributed by atoms with Crippen LogP contribution in [0.1, 0.15) is 12.8 Å². The van der Waals surface area contributed by atoms with Crippen LogP contribution in [0.15, 0.2) is 36.5 Å². The average molecular weight is 329 g/mol. The van der Waals surface area contributed by atoms with Crippen LogP contribution >= 0.6 is 0 Å². The predicted octanol–water partition coefficient (Wildman–Crippen LogP) is 2.26. The summed E-state index contributed by atoms with van der Waals surface area (Å²) < 4.78 is 5.80. The van der Waals surface area contributed by atoms with E-state index in [1.807, 2.05) is 35.2 Å². The lowest BCUT2D eigenvalue weighted by atomic mass is 9.98. The molecular weight excluding hydrogens is 310 g/mol. The third-order valence-electron chi connectivity index (χ3n) is 4.11. The van der Waals surface area contributed by atoms with Crippen molar-refractivity contribution in [1.29, 1.82) is 0 Å². The molecule has 1 aromatic heterocycles. The first-order chi connectivity index (χ1) is 11.6. The van der Waals surface area contributed by atoms with Crippen molar-refractivity contribution in [2.75, 3.05) is 30.3 Å². The van der Waals surface area contributed by atoms with Crippen LogP contribution in [0.3, 0.4) is 0 Å². The van der Waals surface area contributed by atoms with Crippen LogP contribution in [0, 0.1) is 16.0 Å². The summed E-state index contributed by atoms with van der Waals surface area (Å²) in [5.41, 5.74) is 5.37. The van der Waals surface area contributed by atoms with Gasteiger partial charge < -0.3 is 15.4 Å². The first-order valence-electron chi connectivity index (χ1n) is 7.83. The van der Waals surface area contributed by atoms with Crippen molar-refractivity contribution in [1.82, 2.24) is 9.97 Å². The Bertz CT molecular complexity index is 702. The molecule has 24 heavy (non-hydrogen) atoms. The number of benzene rings is 1. The first-order valence-corrected chi connectivity index (χ1v) is 7.83. The maximum absolute atomic E-state index is 10.8. The Balaban J connectivity index is 1.53. The number of nitrogens with zero attached hydrogens (tertiary/aromatic N) is 4. The lowest BCUT2D eigenvalue weighted by molar-refractivity contribution is -0.384. The van der Waals surface area contributed by atoms with Gasteiger partial charge in [0.05, 0.1) is 11.5 Å². The van der Waals surface area contributed by atoms with Gasteiger partial charge in [0.25, 0.3) is 0 Å². The summed E-state index contributed by atoms with van der Waals surface area (Å²) in [5, 5.41) is 10.8. The summed E-state index contributed by atoms with van der Waals surface area (Å²) in [6.45, 7) is 2.24. The molecule has 2 N–H and O–H groups in total. The third kappa shape index (κ3) is 3.70. The molecule has 1 aliphatic rings. The summed E-state index contributed by atoms with van der Waals surface area (Å²) in [6, 6.07) is 9.76. The monoisotopic (exact) mass is 329 g/mol. The van der Waals surface area contributed by atoms with Crippen molar-refractivity contribution in [3.8, 4) is 5.75 Å². The maximum atomic E-state index is 10.8. The molecule has 0 aliphatic carbocycles. The van der Waals surface area contributed by atoms with Crippen LogP contribution < -0.4 is 15.4 Å². The van der Waals surface area contributed by atoms with Crippen molar-refractivity contribution < 1.29 is 9.66 Å². The molecule has 126 valence electrons. The highest BCUT2D eigenvalue weighted by atomic mass is 16.6. The second-order valence-electron chi connectivity index (χ2n) is 5.75. The van der Waals surface area contributed by atoms with Gasteiger partial charge in [-0.1, -0.05) is 18.2 Å². The minimum Gasteiger partial charge on any atom is -0.493 e. The molecule has 8 nitrogen and oxygen atoms in total. The normalized spacial score (nSPS) is 15.2. The summed E-state index contributed by atoms with van der Waals surface area (Å²) in [4.78, 5) is 20.3. The van der Waals surface area contributed by atoms with Crippen LogP contribution in [0.2, 0.25) is 0 Å². The number of para-hydroxylation sites is 1. The molecule has 8 heteroatoms. The number of piperidine rings is 1. The zero-order valence-corrected chi connectivity index (χ0v) is 13.2. The van der Waals surface area contributed by atoms with Gasteiger partial charge in [0.1, 0.15) is 11.9 Å². The molecule has 0 spiro atoms. The lowest BCUT2D eigenvalue weighted by Gasteiger charge is -2.31. The largest absolute Gasteiger partial charge is 0.493 e. The molecule has 0 amide bonds. The van der Waals surface area contributed by atoms with Gasteiger partial charge in [0.2, 0.25) is 11.8 Å². The average Bonchev–Trinajstić information content (AvgIpc) is 2.61. The fraction of sp³-hybridized carbons (Fsp3) is 0.375. The molecule has 2 aromatic rings. The highest BCUT2D eigenvalue weighted by Gasteiger charge is 2.23. The Labute approximate surface area is 139 Å². The summed E-state index contributed by atoms with van der Waals surface area (Å²) >= 11 is 0. The van der Waals surface area contributed by atoms with Gasteiger partial charge in [0.15, 0.2) is 0 Å². The number of ether oxygens (including phenoxy) is 1. The fourth-order valence-electron chi connectivity index (χ4n) is 2.70. The molecule has 1 fully saturated rings. The smallest absolute Gasteiger partial charge is 0.329 e. The lowest BCUT2D eigenvalue weighted by Crippen LogP contribution is -2.36. The zero-order chi connectivity index (χ0) is 16.9. The number of nitro groups is 1. The number of rotatable bonds is 5. The van der Waals surface area contributed by atoms with E-state index in [2.05, 4.69) is 9.97 Å². The van der Waals surface area contributed by atoms with E-state index < -0.39 is 4.92 Å². The van der Waals surface area contributed by atoms with Crippen LogP contribution in [0.5, 0.6) is 5.75 Å². The quantitative estimate of drug-likeness (QED) is 0.662. The van der Waals surface area contributed by atoms with Gasteiger partial charge in [-0.25, -0.2) is 4.98 Å². The summed E-state index contributed by atoms with van der Waals surface area (Å²) in [7, 11) is 0. The van der Waals surface area contributed by atoms with Crippen molar-refractivity contribution in [2.24, 2.45) is 5.92 Å². The number of nitrogens with two attached hydrogens (primary N) is 1. The second-order valence-corrected chi connectivity index (χ2v) is 5.75. The minimum absolute atomic E-state index is 0.0977. The van der Waals surface area contributed by atoms with Gasteiger partial charge in [-0.3, -0.25) is 10.1 Å². The zero-order valence-electron chi connectivity index (χ0n) is 13.2. The Morgan fingerprint density at radius 1 is 1.29 bits per heavy atom. The SMILES string of the molecule is Nc1nc(N2CCC(COc3ccccc3)CC2)ncc1[N+](=O)[O-]. The van der Waals surface area contributed by atoms with E-state index in [0.717, 1.165) is 31.7 Å². The van der Waals surface area contributed by atoms with E-state index in [0.29, 0.717) is 18.5 Å². The van der Waals surface area contributed by atoms with Crippen molar-refractivity contribution >= 4 is 17.5 Å². The van der Waals surface area contributed by atoms with Crippen LogP contribution in [-0.4, -0.2) is 34.6 Å². The van der Waals surface area contributed by atoms with E-state index in [9.17, 15) is 10.1 Å². The molecule has 2 heterocycles. The van der Waals surface area contributed by atoms with E-state index in [1.165, 1.54) is 6.20 Å². The predicted molar refractivity (Wildman–Crippen MR) is 90.0 cm³/mol. The van der Waals surface area contributed by atoms with E-state index in [4.69, 9.17) is 10.5 Å². The Hall–Kier alpha value is -2.90. The summed E-state index contributed by atoms with van der Waals surface area (Å²) in [6.07, 6.45) is 3.07. The summed E-state index contributed by atoms with van der Waals surface area (Å²) in [5.74, 6) is 1.70. The molecular formula is C16H19N5O3. The molecule has 3 rings (SSSR count). The van der Waals surface area contributed by atoms with Gasteiger partial charge in [-0.15, -0.1) is 0 Å². The van der Waals surface area contributed by atoms with Gasteiger partial charge >= 0.3 is 5.69 Å². The van der Waals surface area contributed by atoms with Gasteiger partial charge in [0, 0.05) is 13.1 Å². The number of hydrogen-bond donors (Lipinski definition) is 1. The van der Waals surface area contributed by atoms with E-state index in [1.54, 1.807) is 0 Å². The molecule has 1 aliphatic heterocycles. The molecule has 0 unspecified atom stereocenters. The van der Waals surface area contributed by atoms with E-state index in [-0.39, 0.29) is 11.5 Å². The standard InChI is InChI=1S/C16H19N5O3/c17-15-14(21(22)23)10-18-16(19-15)20-8-6-12(7-9-20)11-24-13-4-2-1-3-5-13/h1-5,10,12H,6-9,11H2,(H2,17,18,19). The fourth-order valence-corrected chi connectivity index (χ4v) is 2.70. The topological polar surface area (TPSA) is 107 Å². The van der Waals surface area contributed by atoms with Crippen molar-refractivity contribution in [3.63, 3.8) is 0 Å². The maximum Gasteiger partial charge on any atom is 0.329 e. The van der Waals surface area contributed by atoms with Gasteiger partial charge in [-0.2, -0.15) is 4.98 Å². The molecule has 1 saturated heterocycles. The van der Waals surface area contributed by atoms with Crippen LogP contribution in [-0.2, 0) is 0 Å². The molecule has 0 atom stereocenters. The van der Waals surface area contributed by atoms with Crippen molar-refractivity contribution in [3.05, 3.63) is 46.6 Å². The second kappa shape index (κ2) is 7.12. The highest BCUT2D eigenvalue weighted by Crippen LogP contribution is 2.25.